The van der Waals surface area contributed by atoms with Gasteiger partial charge >= 0.3 is 6.36 Å². The smallest absolute Gasteiger partial charge is 0.409 e. The maximum Gasteiger partial charge on any atom is 0.573 e. The van der Waals surface area contributed by atoms with Gasteiger partial charge in [-0.2, -0.15) is 0 Å². The molecule has 238 valence electrons. The van der Waals surface area contributed by atoms with Crippen molar-refractivity contribution in [3.05, 3.63) is 120 Å². The van der Waals surface area contributed by atoms with Crippen LogP contribution in [0.3, 0.4) is 0 Å². The van der Waals surface area contributed by atoms with E-state index in [-0.39, 0.29) is 22.7 Å². The number of amidine groups is 2. The SMILES string of the molecule is N/C(=N\O)c1cccc(-c2ccc3c(c2)c2cc(-c4cccc(/C(N)=N/O)c4)ccc2n3S(=O)(=O)c2cccc(OC(F)(F)F)c2)c1. The van der Waals surface area contributed by atoms with Crippen molar-refractivity contribution in [1.82, 2.24) is 3.97 Å². The third kappa shape index (κ3) is 5.89. The van der Waals surface area contributed by atoms with Crippen LogP contribution in [-0.2, 0) is 10.0 Å². The number of fused-ring (bicyclic) bond motifs is 3. The molecule has 0 saturated heterocycles. The van der Waals surface area contributed by atoms with E-state index in [1.165, 1.54) is 12.1 Å². The van der Waals surface area contributed by atoms with Gasteiger partial charge in [0.05, 0.1) is 15.9 Å². The number of ether oxygens (including phenoxy) is 1. The predicted molar refractivity (Wildman–Crippen MR) is 171 cm³/mol. The lowest BCUT2D eigenvalue weighted by Crippen LogP contribution is -2.18. The average Bonchev–Trinajstić information content (AvgIpc) is 3.40. The van der Waals surface area contributed by atoms with E-state index < -0.39 is 27.0 Å². The van der Waals surface area contributed by atoms with Crippen molar-refractivity contribution in [2.45, 2.75) is 11.3 Å². The molecule has 5 aromatic carbocycles. The number of oxime groups is 2. The molecule has 0 atom stereocenters. The molecule has 0 radical (unpaired) electrons. The first-order valence-corrected chi connectivity index (χ1v) is 15.2. The predicted octanol–water partition coefficient (Wildman–Crippen LogP) is 6.45. The summed E-state index contributed by atoms with van der Waals surface area (Å²) in [6, 6.07) is 28.2. The van der Waals surface area contributed by atoms with Crippen molar-refractivity contribution < 1.29 is 36.7 Å². The molecule has 0 fully saturated rings. The lowest BCUT2D eigenvalue weighted by atomic mass is 9.98. The molecular formula is C33H24F3N5O5S. The summed E-state index contributed by atoms with van der Waals surface area (Å²) in [4.78, 5) is -0.413. The van der Waals surface area contributed by atoms with Crippen LogP contribution in [0.25, 0.3) is 44.1 Å². The number of aromatic nitrogens is 1. The summed E-state index contributed by atoms with van der Waals surface area (Å²) in [5, 5.41) is 25.5. The number of hydrogen-bond donors (Lipinski definition) is 4. The van der Waals surface area contributed by atoms with Gasteiger partial charge in [-0.15, -0.1) is 13.2 Å². The highest BCUT2D eigenvalue weighted by molar-refractivity contribution is 7.90. The standard InChI is InChI=1S/C33H24F3N5O5S/c34-33(35,36)46-25-8-3-9-26(18-25)47(44,45)41-29-12-10-21(19-4-1-6-23(14-19)31(37)39-42)16-27(29)28-17-22(11-13-30(28)41)20-5-2-7-24(15-20)32(38)40-43/h1-18,42-43H,(H2,37,39)(H2,38,40). The molecule has 47 heavy (non-hydrogen) atoms. The Morgan fingerprint density at radius 1 is 0.660 bits per heavy atom. The first-order chi connectivity index (χ1) is 22.4. The van der Waals surface area contributed by atoms with Crippen LogP contribution in [-0.4, -0.2) is 40.8 Å². The van der Waals surface area contributed by atoms with Crippen LogP contribution < -0.4 is 16.2 Å². The summed E-state index contributed by atoms with van der Waals surface area (Å²) < 4.78 is 72.3. The molecule has 14 heteroatoms. The van der Waals surface area contributed by atoms with Crippen LogP contribution in [0, 0.1) is 0 Å². The molecule has 6 aromatic rings. The molecule has 1 heterocycles. The van der Waals surface area contributed by atoms with Crippen LogP contribution in [0.4, 0.5) is 13.2 Å². The zero-order chi connectivity index (χ0) is 33.5. The first kappa shape index (κ1) is 31.0. The van der Waals surface area contributed by atoms with E-state index in [2.05, 4.69) is 15.0 Å². The van der Waals surface area contributed by atoms with Gasteiger partial charge in [-0.05, 0) is 70.8 Å². The Hall–Kier alpha value is -6.02. The summed E-state index contributed by atoms with van der Waals surface area (Å²) in [6.45, 7) is 0. The fraction of sp³-hybridized carbons (Fsp3) is 0.0303. The van der Waals surface area contributed by atoms with Crippen LogP contribution in [0.2, 0.25) is 0 Å². The highest BCUT2D eigenvalue weighted by Crippen LogP contribution is 2.38. The molecule has 0 amide bonds. The highest BCUT2D eigenvalue weighted by Gasteiger charge is 2.32. The van der Waals surface area contributed by atoms with Crippen molar-refractivity contribution in [3.8, 4) is 28.0 Å². The van der Waals surface area contributed by atoms with E-state index >= 15 is 0 Å². The third-order valence-electron chi connectivity index (χ3n) is 7.50. The number of alkyl halides is 3. The zero-order valence-corrected chi connectivity index (χ0v) is 24.9. The maximum atomic E-state index is 14.2. The van der Waals surface area contributed by atoms with Gasteiger partial charge in [0.25, 0.3) is 10.0 Å². The zero-order valence-electron chi connectivity index (χ0n) is 24.0. The third-order valence-corrected chi connectivity index (χ3v) is 9.22. The van der Waals surface area contributed by atoms with E-state index in [9.17, 15) is 21.6 Å². The second-order valence-electron chi connectivity index (χ2n) is 10.4. The van der Waals surface area contributed by atoms with Gasteiger partial charge in [-0.3, -0.25) is 0 Å². The fourth-order valence-corrected chi connectivity index (χ4v) is 6.94. The van der Waals surface area contributed by atoms with Gasteiger partial charge in [-0.25, -0.2) is 12.4 Å². The Bertz CT molecular complexity index is 2230. The number of halogens is 3. The van der Waals surface area contributed by atoms with Gasteiger partial charge in [0.15, 0.2) is 11.7 Å². The monoisotopic (exact) mass is 659 g/mol. The molecule has 6 N–H and O–H groups in total. The lowest BCUT2D eigenvalue weighted by molar-refractivity contribution is -0.274. The largest absolute Gasteiger partial charge is 0.573 e. The van der Waals surface area contributed by atoms with E-state index in [4.69, 9.17) is 21.9 Å². The molecule has 0 aliphatic carbocycles. The topological polar surface area (TPSA) is 166 Å². The molecule has 0 unspecified atom stereocenters. The number of nitrogens with two attached hydrogens (primary N) is 2. The molecule has 0 aliphatic heterocycles. The minimum Gasteiger partial charge on any atom is -0.409 e. The highest BCUT2D eigenvalue weighted by atomic mass is 32.2. The van der Waals surface area contributed by atoms with E-state index in [1.54, 1.807) is 84.9 Å². The van der Waals surface area contributed by atoms with Crippen LogP contribution in [0.1, 0.15) is 11.1 Å². The van der Waals surface area contributed by atoms with Crippen molar-refractivity contribution >= 4 is 43.5 Å². The van der Waals surface area contributed by atoms with Crippen LogP contribution in [0.15, 0.2) is 124 Å². The van der Waals surface area contributed by atoms with Crippen molar-refractivity contribution in [3.63, 3.8) is 0 Å². The molecule has 10 nitrogen and oxygen atoms in total. The first-order valence-electron chi connectivity index (χ1n) is 13.8. The van der Waals surface area contributed by atoms with Gasteiger partial charge < -0.3 is 26.6 Å². The van der Waals surface area contributed by atoms with E-state index in [0.29, 0.717) is 44.2 Å². The van der Waals surface area contributed by atoms with Gasteiger partial charge in [-0.1, -0.05) is 64.9 Å². The van der Waals surface area contributed by atoms with Crippen molar-refractivity contribution in [2.24, 2.45) is 21.8 Å². The minimum atomic E-state index is -5.02. The molecule has 6 rings (SSSR count). The van der Waals surface area contributed by atoms with E-state index in [0.717, 1.165) is 16.1 Å². The summed E-state index contributed by atoms with van der Waals surface area (Å²) in [6.07, 6.45) is -5.02. The molecular weight excluding hydrogens is 635 g/mol. The van der Waals surface area contributed by atoms with Crippen molar-refractivity contribution in [2.75, 3.05) is 0 Å². The Labute approximate surface area is 265 Å². The quantitative estimate of drug-likeness (QED) is 0.0661. The molecule has 0 spiro atoms. The number of nitrogens with zero attached hydrogens (tertiary/aromatic N) is 3. The molecule has 0 bridgehead atoms. The van der Waals surface area contributed by atoms with Gasteiger partial charge in [0.1, 0.15) is 5.75 Å². The summed E-state index contributed by atoms with van der Waals surface area (Å²) in [5.41, 5.74) is 15.8. The normalized spacial score (nSPS) is 12.9. The van der Waals surface area contributed by atoms with E-state index in [1.807, 2.05) is 0 Å². The Morgan fingerprint density at radius 2 is 1.13 bits per heavy atom. The molecule has 0 aliphatic rings. The van der Waals surface area contributed by atoms with Gasteiger partial charge in [0, 0.05) is 28.0 Å². The summed E-state index contributed by atoms with van der Waals surface area (Å²) in [7, 11) is -4.48. The second kappa shape index (κ2) is 11.7. The number of rotatable bonds is 7. The Balaban J connectivity index is 1.60. The molecule has 1 aromatic heterocycles. The average molecular weight is 660 g/mol. The Kier molecular flexibility index (Phi) is 7.73. The summed E-state index contributed by atoms with van der Waals surface area (Å²) >= 11 is 0. The van der Waals surface area contributed by atoms with Gasteiger partial charge in [0.2, 0.25) is 0 Å². The minimum absolute atomic E-state index is 0.0916. The molecule has 0 saturated carbocycles. The fourth-order valence-electron chi connectivity index (χ4n) is 5.37. The Morgan fingerprint density at radius 3 is 1.60 bits per heavy atom. The van der Waals surface area contributed by atoms with Crippen LogP contribution in [0.5, 0.6) is 5.75 Å². The lowest BCUT2D eigenvalue weighted by Gasteiger charge is -2.13. The maximum absolute atomic E-state index is 14.2. The van der Waals surface area contributed by atoms with Crippen LogP contribution >= 0.6 is 0 Å². The summed E-state index contributed by atoms with van der Waals surface area (Å²) in [5.74, 6) is -0.864. The number of hydrogen-bond acceptors (Lipinski definition) is 7. The number of benzene rings is 5. The second-order valence-corrected chi connectivity index (χ2v) is 12.2. The van der Waals surface area contributed by atoms with Crippen molar-refractivity contribution in [1.29, 1.82) is 0 Å².